The SMILES string of the molecule is CC1(C)OB(C2(C3CCCCC3)CC(C(F)(F)F)C2)OC1(C)C. The third kappa shape index (κ3) is 2.84. The lowest BCUT2D eigenvalue weighted by atomic mass is 9.37. The first-order valence-electron chi connectivity index (χ1n) is 8.90. The average Bonchev–Trinajstić information content (AvgIpc) is 2.57. The highest BCUT2D eigenvalue weighted by molar-refractivity contribution is 6.50. The maximum atomic E-state index is 13.1. The molecular formula is C17H28BF3O2. The summed E-state index contributed by atoms with van der Waals surface area (Å²) in [6, 6.07) is 0. The lowest BCUT2D eigenvalue weighted by Gasteiger charge is -2.54. The van der Waals surface area contributed by atoms with Crippen molar-refractivity contribution in [2.24, 2.45) is 11.8 Å². The van der Waals surface area contributed by atoms with Gasteiger partial charge in [-0.15, -0.1) is 0 Å². The van der Waals surface area contributed by atoms with Crippen molar-refractivity contribution in [2.45, 2.75) is 95.3 Å². The van der Waals surface area contributed by atoms with E-state index >= 15 is 0 Å². The number of hydrogen-bond donors (Lipinski definition) is 0. The third-order valence-corrected chi connectivity index (χ3v) is 6.86. The van der Waals surface area contributed by atoms with E-state index in [9.17, 15) is 13.2 Å². The van der Waals surface area contributed by atoms with Crippen molar-refractivity contribution in [3.05, 3.63) is 0 Å². The summed E-state index contributed by atoms with van der Waals surface area (Å²) in [6.45, 7) is 7.89. The van der Waals surface area contributed by atoms with Crippen molar-refractivity contribution in [2.75, 3.05) is 0 Å². The van der Waals surface area contributed by atoms with E-state index in [0.717, 1.165) is 25.7 Å². The maximum Gasteiger partial charge on any atom is 0.464 e. The smallest absolute Gasteiger partial charge is 0.403 e. The van der Waals surface area contributed by atoms with E-state index in [2.05, 4.69) is 0 Å². The van der Waals surface area contributed by atoms with Gasteiger partial charge in [0.1, 0.15) is 0 Å². The van der Waals surface area contributed by atoms with Crippen LogP contribution in [0.4, 0.5) is 13.2 Å². The Morgan fingerprint density at radius 2 is 1.35 bits per heavy atom. The van der Waals surface area contributed by atoms with E-state index in [-0.39, 0.29) is 12.8 Å². The van der Waals surface area contributed by atoms with Crippen LogP contribution < -0.4 is 0 Å². The van der Waals surface area contributed by atoms with Crippen LogP contribution >= 0.6 is 0 Å². The summed E-state index contributed by atoms with van der Waals surface area (Å²) in [7, 11) is -0.505. The van der Waals surface area contributed by atoms with Gasteiger partial charge in [0.15, 0.2) is 0 Å². The summed E-state index contributed by atoms with van der Waals surface area (Å²) in [5, 5.41) is -0.453. The predicted molar refractivity (Wildman–Crippen MR) is 84.1 cm³/mol. The van der Waals surface area contributed by atoms with Gasteiger partial charge in [-0.3, -0.25) is 0 Å². The Morgan fingerprint density at radius 3 is 1.78 bits per heavy atom. The van der Waals surface area contributed by atoms with Crippen LogP contribution in [0.1, 0.15) is 72.6 Å². The molecule has 0 unspecified atom stereocenters. The number of rotatable bonds is 2. The highest BCUT2D eigenvalue weighted by Crippen LogP contribution is 2.67. The molecule has 3 rings (SSSR count). The topological polar surface area (TPSA) is 18.5 Å². The van der Waals surface area contributed by atoms with Crippen LogP contribution in [0.5, 0.6) is 0 Å². The minimum atomic E-state index is -4.10. The Balaban J connectivity index is 1.83. The van der Waals surface area contributed by atoms with E-state index in [0.29, 0.717) is 5.92 Å². The summed E-state index contributed by atoms with van der Waals surface area (Å²) in [5.74, 6) is -0.895. The highest BCUT2D eigenvalue weighted by atomic mass is 19.4. The molecule has 0 aromatic carbocycles. The molecule has 0 radical (unpaired) electrons. The molecule has 1 aliphatic heterocycles. The van der Waals surface area contributed by atoms with Crippen molar-refractivity contribution < 1.29 is 22.5 Å². The molecule has 0 aromatic heterocycles. The van der Waals surface area contributed by atoms with E-state index in [1.54, 1.807) is 0 Å². The number of halogens is 3. The molecule has 132 valence electrons. The Kier molecular flexibility index (Phi) is 4.12. The lowest BCUT2D eigenvalue weighted by molar-refractivity contribution is -0.209. The fourth-order valence-electron chi connectivity index (χ4n) is 4.56. The molecule has 0 bridgehead atoms. The zero-order valence-electron chi connectivity index (χ0n) is 14.6. The van der Waals surface area contributed by atoms with Gasteiger partial charge in [0.25, 0.3) is 0 Å². The molecule has 2 saturated carbocycles. The molecule has 6 heteroatoms. The molecular weight excluding hydrogens is 304 g/mol. The average molecular weight is 332 g/mol. The second kappa shape index (κ2) is 5.39. The zero-order valence-corrected chi connectivity index (χ0v) is 14.6. The fourth-order valence-corrected chi connectivity index (χ4v) is 4.56. The number of hydrogen-bond acceptors (Lipinski definition) is 2. The third-order valence-electron chi connectivity index (χ3n) is 6.86. The first-order valence-corrected chi connectivity index (χ1v) is 8.90. The van der Waals surface area contributed by atoms with Crippen molar-refractivity contribution in [3.8, 4) is 0 Å². The molecule has 2 nitrogen and oxygen atoms in total. The van der Waals surface area contributed by atoms with Crippen molar-refractivity contribution in [1.29, 1.82) is 0 Å². The Labute approximate surface area is 137 Å². The molecule has 3 fully saturated rings. The molecule has 0 spiro atoms. The van der Waals surface area contributed by atoms with E-state index in [1.165, 1.54) is 6.42 Å². The predicted octanol–water partition coefficient (Wildman–Crippen LogP) is 5.37. The Hall–Kier alpha value is -0.225. The molecule has 3 aliphatic rings. The summed E-state index contributed by atoms with van der Waals surface area (Å²) in [4.78, 5) is 0. The zero-order chi connectivity index (χ0) is 17.1. The fraction of sp³-hybridized carbons (Fsp3) is 1.00. The first-order chi connectivity index (χ1) is 10.5. The highest BCUT2D eigenvalue weighted by Gasteiger charge is 2.69. The second-order valence-electron chi connectivity index (χ2n) is 8.80. The van der Waals surface area contributed by atoms with Gasteiger partial charge < -0.3 is 9.31 Å². The van der Waals surface area contributed by atoms with Crippen LogP contribution in [0.15, 0.2) is 0 Å². The summed E-state index contributed by atoms with van der Waals surface area (Å²) in [6.07, 6.45) is 1.67. The summed E-state index contributed by atoms with van der Waals surface area (Å²) >= 11 is 0. The van der Waals surface area contributed by atoms with E-state index < -0.39 is 35.7 Å². The monoisotopic (exact) mass is 332 g/mol. The lowest BCUT2D eigenvalue weighted by Crippen LogP contribution is -2.53. The standard InChI is InChI=1S/C17H28BF3O2/c1-14(2)15(3,4)23-18(22-14)16(12-8-6-5-7-9-12)10-13(11-16)17(19,20)21/h12-13H,5-11H2,1-4H3. The van der Waals surface area contributed by atoms with Crippen LogP contribution in [0.3, 0.4) is 0 Å². The van der Waals surface area contributed by atoms with E-state index in [4.69, 9.17) is 9.31 Å². The minimum absolute atomic E-state index is 0.165. The van der Waals surface area contributed by atoms with Crippen molar-refractivity contribution in [3.63, 3.8) is 0 Å². The Bertz CT molecular complexity index is 433. The molecule has 0 aromatic rings. The second-order valence-corrected chi connectivity index (χ2v) is 8.80. The molecule has 1 heterocycles. The van der Waals surface area contributed by atoms with Gasteiger partial charge in [0, 0.05) is 5.31 Å². The molecule has 2 aliphatic carbocycles. The Morgan fingerprint density at radius 1 is 0.870 bits per heavy atom. The van der Waals surface area contributed by atoms with Crippen LogP contribution in [-0.2, 0) is 9.31 Å². The van der Waals surface area contributed by atoms with E-state index in [1.807, 2.05) is 27.7 Å². The van der Waals surface area contributed by atoms with Gasteiger partial charge in [-0.05, 0) is 46.5 Å². The molecule has 1 saturated heterocycles. The van der Waals surface area contributed by atoms with Gasteiger partial charge in [-0.25, -0.2) is 0 Å². The van der Waals surface area contributed by atoms with Crippen molar-refractivity contribution >= 4 is 7.12 Å². The van der Waals surface area contributed by atoms with Crippen molar-refractivity contribution in [1.82, 2.24) is 0 Å². The molecule has 0 N–H and O–H groups in total. The van der Waals surface area contributed by atoms with Gasteiger partial charge in [0.2, 0.25) is 0 Å². The van der Waals surface area contributed by atoms with Gasteiger partial charge in [-0.2, -0.15) is 13.2 Å². The minimum Gasteiger partial charge on any atom is -0.403 e. The van der Waals surface area contributed by atoms with Gasteiger partial charge in [0.05, 0.1) is 17.1 Å². The van der Waals surface area contributed by atoms with Crippen LogP contribution in [0.25, 0.3) is 0 Å². The molecule has 0 atom stereocenters. The maximum absolute atomic E-state index is 13.1. The van der Waals surface area contributed by atoms with Crippen LogP contribution in [-0.4, -0.2) is 24.5 Å². The first kappa shape index (κ1) is 17.6. The largest absolute Gasteiger partial charge is 0.464 e. The van der Waals surface area contributed by atoms with Crippen LogP contribution in [0, 0.1) is 11.8 Å². The molecule has 0 amide bonds. The molecule has 23 heavy (non-hydrogen) atoms. The van der Waals surface area contributed by atoms with Gasteiger partial charge in [-0.1, -0.05) is 32.1 Å². The number of alkyl halides is 3. The quantitative estimate of drug-likeness (QED) is 0.633. The summed E-state index contributed by atoms with van der Waals surface area (Å²) in [5.41, 5.74) is -0.967. The van der Waals surface area contributed by atoms with Crippen LogP contribution in [0.2, 0.25) is 5.31 Å². The summed E-state index contributed by atoms with van der Waals surface area (Å²) < 4.78 is 51.8. The normalized spacial score (nSPS) is 37.7. The van der Waals surface area contributed by atoms with Gasteiger partial charge >= 0.3 is 13.3 Å².